The van der Waals surface area contributed by atoms with Gasteiger partial charge < -0.3 is 4.98 Å². The number of thioether (sulfide) groups is 2. The Balaban J connectivity index is 2.42. The minimum absolute atomic E-state index is 0.416. The van der Waals surface area contributed by atoms with Gasteiger partial charge in [-0.3, -0.25) is 0 Å². The van der Waals surface area contributed by atoms with Crippen LogP contribution in [0.25, 0.3) is 0 Å². The van der Waals surface area contributed by atoms with Crippen molar-refractivity contribution >= 4 is 51.7 Å². The van der Waals surface area contributed by atoms with E-state index in [0.29, 0.717) is 21.1 Å². The Morgan fingerprint density at radius 3 is 2.67 bits per heavy atom. The smallest absolute Gasteiger partial charge is 0.144 e. The van der Waals surface area contributed by atoms with Gasteiger partial charge in [-0.2, -0.15) is 11.8 Å². The number of aromatic nitrogens is 2. The predicted molar refractivity (Wildman–Crippen MR) is 88.3 cm³/mol. The summed E-state index contributed by atoms with van der Waals surface area (Å²) in [4.78, 5) is 8.06. The molecule has 0 amide bonds. The Labute approximate surface area is 130 Å². The molecule has 2 unspecified atom stereocenters. The third kappa shape index (κ3) is 3.14. The van der Waals surface area contributed by atoms with E-state index >= 15 is 0 Å². The van der Waals surface area contributed by atoms with Gasteiger partial charge in [-0.05, 0) is 21.8 Å². The largest absolute Gasteiger partial charge is 0.345 e. The third-order valence-corrected chi connectivity index (χ3v) is 7.40. The molecule has 6 heteroatoms. The van der Waals surface area contributed by atoms with E-state index in [2.05, 4.69) is 46.7 Å². The van der Waals surface area contributed by atoms with Crippen molar-refractivity contribution in [2.45, 2.75) is 37.2 Å². The Morgan fingerprint density at radius 2 is 2.06 bits per heavy atom. The van der Waals surface area contributed by atoms with Gasteiger partial charge in [0.15, 0.2) is 0 Å². The summed E-state index contributed by atoms with van der Waals surface area (Å²) in [7, 11) is 0. The molecule has 1 saturated heterocycles. The number of rotatable bonds is 2. The van der Waals surface area contributed by atoms with Gasteiger partial charge in [-0.1, -0.05) is 33.0 Å². The van der Waals surface area contributed by atoms with Crippen molar-refractivity contribution in [3.05, 3.63) is 20.6 Å². The molecule has 1 aromatic heterocycles. The number of H-pyrrole nitrogens is 1. The fourth-order valence-corrected chi connectivity index (χ4v) is 5.53. The lowest BCUT2D eigenvalue weighted by Crippen LogP contribution is -2.19. The highest BCUT2D eigenvalue weighted by Gasteiger charge is 2.27. The molecule has 2 atom stereocenters. The second-order valence-electron chi connectivity index (χ2n) is 4.68. The standard InChI is InChI=1S/C12H17BrN2S3/c1-6(2)9-8(13)12(16)15-11(14-9)10-7(3)17-4-5-18-10/h6-7,10H,4-5H2,1-3H3,(H,14,15,16). The van der Waals surface area contributed by atoms with Crippen molar-refractivity contribution in [3.63, 3.8) is 0 Å². The van der Waals surface area contributed by atoms with E-state index in [1.165, 1.54) is 11.5 Å². The van der Waals surface area contributed by atoms with E-state index in [1.807, 2.05) is 23.5 Å². The van der Waals surface area contributed by atoms with Crippen molar-refractivity contribution in [3.8, 4) is 0 Å². The maximum absolute atomic E-state index is 5.36. The van der Waals surface area contributed by atoms with Crippen LogP contribution < -0.4 is 0 Å². The number of nitrogens with one attached hydrogen (secondary N) is 1. The molecule has 0 saturated carbocycles. The number of hydrogen-bond donors (Lipinski definition) is 1. The molecule has 1 N–H and O–H groups in total. The summed E-state index contributed by atoms with van der Waals surface area (Å²) in [5.41, 5.74) is 1.16. The highest BCUT2D eigenvalue weighted by atomic mass is 79.9. The van der Waals surface area contributed by atoms with E-state index in [4.69, 9.17) is 12.2 Å². The maximum Gasteiger partial charge on any atom is 0.144 e. The lowest BCUT2D eigenvalue weighted by Gasteiger charge is -2.27. The van der Waals surface area contributed by atoms with Crippen molar-refractivity contribution < 1.29 is 0 Å². The van der Waals surface area contributed by atoms with Crippen LogP contribution in [-0.2, 0) is 0 Å². The van der Waals surface area contributed by atoms with Crippen LogP contribution in [0.5, 0.6) is 0 Å². The molecule has 1 aliphatic rings. The SMILES string of the molecule is CC(C)c1[nH]c(C2SCCSC2C)nc(=S)c1Br. The zero-order chi connectivity index (χ0) is 13.3. The lowest BCUT2D eigenvalue weighted by molar-refractivity contribution is 0.749. The molecule has 0 radical (unpaired) electrons. The molecule has 18 heavy (non-hydrogen) atoms. The van der Waals surface area contributed by atoms with Gasteiger partial charge >= 0.3 is 0 Å². The van der Waals surface area contributed by atoms with Gasteiger partial charge in [0.25, 0.3) is 0 Å². The molecule has 0 spiro atoms. The molecule has 1 fully saturated rings. The van der Waals surface area contributed by atoms with E-state index < -0.39 is 0 Å². The molecule has 0 aliphatic carbocycles. The molecule has 0 aromatic carbocycles. The van der Waals surface area contributed by atoms with Crippen LogP contribution in [0.4, 0.5) is 0 Å². The summed E-state index contributed by atoms with van der Waals surface area (Å²) in [5, 5.41) is 1.01. The summed E-state index contributed by atoms with van der Waals surface area (Å²) >= 11 is 12.9. The molecule has 0 bridgehead atoms. The molecule has 100 valence electrons. The van der Waals surface area contributed by atoms with Gasteiger partial charge in [0, 0.05) is 22.4 Å². The summed E-state index contributed by atoms with van der Waals surface area (Å²) in [6.45, 7) is 6.61. The van der Waals surface area contributed by atoms with Crippen molar-refractivity contribution in [2.75, 3.05) is 11.5 Å². The predicted octanol–water partition coefficient (Wildman–Crippen LogP) is 4.93. The first kappa shape index (κ1) is 14.9. The van der Waals surface area contributed by atoms with E-state index in [9.17, 15) is 0 Å². The van der Waals surface area contributed by atoms with Gasteiger partial charge in [0.05, 0.1) is 9.72 Å². The van der Waals surface area contributed by atoms with Crippen molar-refractivity contribution in [1.82, 2.24) is 9.97 Å². The van der Waals surface area contributed by atoms with Crippen LogP contribution in [0.15, 0.2) is 4.47 Å². The van der Waals surface area contributed by atoms with Gasteiger partial charge in [0.2, 0.25) is 0 Å². The van der Waals surface area contributed by atoms with Crippen LogP contribution >= 0.6 is 51.7 Å². The first-order valence-corrected chi connectivity index (χ1v) is 9.33. The van der Waals surface area contributed by atoms with E-state index in [-0.39, 0.29) is 0 Å². The summed E-state index contributed by atoms with van der Waals surface area (Å²) in [6.07, 6.45) is 0. The van der Waals surface area contributed by atoms with Crippen LogP contribution in [0.2, 0.25) is 0 Å². The summed E-state index contributed by atoms with van der Waals surface area (Å²) in [6, 6.07) is 0. The second-order valence-corrected chi connectivity index (χ2v) is 8.59. The number of hydrogen-bond acceptors (Lipinski definition) is 4. The van der Waals surface area contributed by atoms with Crippen LogP contribution in [0.1, 0.15) is 43.5 Å². The Hall–Kier alpha value is 0.480. The second kappa shape index (κ2) is 6.29. The molecular weight excluding hydrogens is 348 g/mol. The topological polar surface area (TPSA) is 28.7 Å². The first-order chi connectivity index (χ1) is 8.50. The van der Waals surface area contributed by atoms with Crippen molar-refractivity contribution in [2.24, 2.45) is 0 Å². The number of aromatic amines is 1. The average molecular weight is 365 g/mol. The fraction of sp³-hybridized carbons (Fsp3) is 0.667. The van der Waals surface area contributed by atoms with Crippen LogP contribution in [0.3, 0.4) is 0 Å². The number of nitrogens with zero attached hydrogens (tertiary/aromatic N) is 1. The van der Waals surface area contributed by atoms with Gasteiger partial charge in [-0.25, -0.2) is 4.98 Å². The van der Waals surface area contributed by atoms with E-state index in [1.54, 1.807) is 0 Å². The monoisotopic (exact) mass is 364 g/mol. The Kier molecular flexibility index (Phi) is 5.20. The normalized spacial score (nSPS) is 24.5. The lowest BCUT2D eigenvalue weighted by atomic mass is 10.1. The zero-order valence-electron chi connectivity index (χ0n) is 10.7. The minimum atomic E-state index is 0.416. The van der Waals surface area contributed by atoms with Crippen molar-refractivity contribution in [1.29, 1.82) is 0 Å². The highest BCUT2D eigenvalue weighted by Crippen LogP contribution is 2.41. The molecule has 1 aromatic rings. The quantitative estimate of drug-likeness (QED) is 0.752. The van der Waals surface area contributed by atoms with Gasteiger partial charge in [-0.15, -0.1) is 11.8 Å². The van der Waals surface area contributed by atoms with Gasteiger partial charge in [0.1, 0.15) is 10.5 Å². The summed E-state index contributed by atoms with van der Waals surface area (Å²) in [5.74, 6) is 3.88. The summed E-state index contributed by atoms with van der Waals surface area (Å²) < 4.78 is 1.62. The number of halogens is 1. The zero-order valence-corrected chi connectivity index (χ0v) is 14.7. The molecule has 1 aliphatic heterocycles. The van der Waals surface area contributed by atoms with Crippen LogP contribution in [-0.4, -0.2) is 26.7 Å². The van der Waals surface area contributed by atoms with Crippen LogP contribution in [0, 0.1) is 4.64 Å². The molecule has 2 nitrogen and oxygen atoms in total. The van der Waals surface area contributed by atoms with E-state index in [0.717, 1.165) is 16.0 Å². The minimum Gasteiger partial charge on any atom is -0.345 e. The maximum atomic E-state index is 5.36. The first-order valence-electron chi connectivity index (χ1n) is 6.03. The fourth-order valence-electron chi connectivity index (χ4n) is 1.96. The molecular formula is C12H17BrN2S3. The molecule has 2 rings (SSSR count). The average Bonchev–Trinajstić information content (AvgIpc) is 2.33. The third-order valence-electron chi connectivity index (χ3n) is 2.94. The Bertz CT molecular complexity index is 487. The molecule has 2 heterocycles. The highest BCUT2D eigenvalue weighted by molar-refractivity contribution is 9.10. The Morgan fingerprint density at radius 1 is 1.39 bits per heavy atom.